The standard InChI is InChI=1S/C9H18.C3H8/c1-7(2)9-5-4-8(3)6-9;1-3-2/h7-9H,4-6H2,1-3H3;3H2,1-2H3. The summed E-state index contributed by atoms with van der Waals surface area (Å²) in [6.07, 6.45) is 5.69. The van der Waals surface area contributed by atoms with E-state index in [1.807, 2.05) is 0 Å². The van der Waals surface area contributed by atoms with E-state index in [4.69, 9.17) is 0 Å². The number of hydrogen-bond acceptors (Lipinski definition) is 0. The molecule has 74 valence electrons. The van der Waals surface area contributed by atoms with Crippen LogP contribution in [0, 0.1) is 17.8 Å². The second-order valence-electron chi connectivity index (χ2n) is 4.63. The number of rotatable bonds is 1. The summed E-state index contributed by atoms with van der Waals surface area (Å²) in [5.41, 5.74) is 0. The molecule has 2 atom stereocenters. The van der Waals surface area contributed by atoms with Gasteiger partial charge in [0.25, 0.3) is 0 Å². The van der Waals surface area contributed by atoms with Crippen molar-refractivity contribution in [1.29, 1.82) is 0 Å². The van der Waals surface area contributed by atoms with Crippen molar-refractivity contribution in [2.75, 3.05) is 0 Å². The van der Waals surface area contributed by atoms with Crippen LogP contribution in [-0.4, -0.2) is 0 Å². The van der Waals surface area contributed by atoms with Crippen LogP contribution in [0.3, 0.4) is 0 Å². The summed E-state index contributed by atoms with van der Waals surface area (Å²) in [5.74, 6) is 2.98. The van der Waals surface area contributed by atoms with E-state index in [0.29, 0.717) is 0 Å². The molecule has 2 unspecified atom stereocenters. The average molecular weight is 170 g/mol. The van der Waals surface area contributed by atoms with Crippen LogP contribution < -0.4 is 0 Å². The van der Waals surface area contributed by atoms with Gasteiger partial charge < -0.3 is 0 Å². The molecule has 0 spiro atoms. The zero-order valence-corrected chi connectivity index (χ0v) is 9.56. The maximum atomic E-state index is 2.38. The molecule has 0 N–H and O–H groups in total. The Morgan fingerprint density at radius 2 is 1.67 bits per heavy atom. The van der Waals surface area contributed by atoms with E-state index in [-0.39, 0.29) is 0 Å². The molecule has 1 aliphatic carbocycles. The fourth-order valence-electron chi connectivity index (χ4n) is 1.86. The molecule has 0 aromatic carbocycles. The summed E-state index contributed by atoms with van der Waals surface area (Å²) in [6, 6.07) is 0. The molecule has 1 rings (SSSR count). The highest BCUT2D eigenvalue weighted by molar-refractivity contribution is 4.74. The molecule has 12 heavy (non-hydrogen) atoms. The lowest BCUT2D eigenvalue weighted by molar-refractivity contribution is 0.384. The van der Waals surface area contributed by atoms with Crippen molar-refractivity contribution in [3.8, 4) is 0 Å². The van der Waals surface area contributed by atoms with Gasteiger partial charge in [0.1, 0.15) is 0 Å². The quantitative estimate of drug-likeness (QED) is 0.543. The second kappa shape index (κ2) is 6.51. The van der Waals surface area contributed by atoms with Gasteiger partial charge in [0.2, 0.25) is 0 Å². The SMILES string of the molecule is CC1CCC(C(C)C)C1.CCC. The van der Waals surface area contributed by atoms with Gasteiger partial charge in [0.15, 0.2) is 0 Å². The minimum absolute atomic E-state index is 0.926. The van der Waals surface area contributed by atoms with E-state index in [9.17, 15) is 0 Å². The van der Waals surface area contributed by atoms with Crippen LogP contribution in [-0.2, 0) is 0 Å². The van der Waals surface area contributed by atoms with Crippen LogP contribution in [0.2, 0.25) is 0 Å². The first-order valence-electron chi connectivity index (χ1n) is 5.61. The van der Waals surface area contributed by atoms with Crippen LogP contribution in [0.4, 0.5) is 0 Å². The molecule has 0 radical (unpaired) electrons. The molecule has 0 aliphatic heterocycles. The zero-order chi connectivity index (χ0) is 9.56. The Kier molecular flexibility index (Phi) is 6.51. The van der Waals surface area contributed by atoms with Gasteiger partial charge in [-0.1, -0.05) is 47.5 Å². The van der Waals surface area contributed by atoms with E-state index in [1.54, 1.807) is 0 Å². The van der Waals surface area contributed by atoms with Gasteiger partial charge in [-0.05, 0) is 30.6 Å². The van der Waals surface area contributed by atoms with Gasteiger partial charge in [0.05, 0.1) is 0 Å². The van der Waals surface area contributed by atoms with Gasteiger partial charge >= 0.3 is 0 Å². The monoisotopic (exact) mass is 170 g/mol. The molecule has 0 heterocycles. The maximum Gasteiger partial charge on any atom is -0.0388 e. The van der Waals surface area contributed by atoms with Crippen molar-refractivity contribution in [1.82, 2.24) is 0 Å². The lowest BCUT2D eigenvalue weighted by atomic mass is 9.94. The summed E-state index contributed by atoms with van der Waals surface area (Å²) < 4.78 is 0. The van der Waals surface area contributed by atoms with E-state index in [0.717, 1.165) is 17.8 Å². The fraction of sp³-hybridized carbons (Fsp3) is 1.00. The average Bonchev–Trinajstić information content (AvgIpc) is 2.37. The van der Waals surface area contributed by atoms with Crippen LogP contribution in [0.1, 0.15) is 60.3 Å². The smallest absolute Gasteiger partial charge is 0.0388 e. The van der Waals surface area contributed by atoms with Crippen LogP contribution in [0.25, 0.3) is 0 Å². The van der Waals surface area contributed by atoms with E-state index >= 15 is 0 Å². The highest BCUT2D eigenvalue weighted by atomic mass is 14.3. The van der Waals surface area contributed by atoms with Crippen LogP contribution >= 0.6 is 0 Å². The Hall–Kier alpha value is 0. The molecule has 1 saturated carbocycles. The Labute approximate surface area is 78.8 Å². The largest absolute Gasteiger partial charge is 0.0656 e. The molecular weight excluding hydrogens is 144 g/mol. The Morgan fingerprint density at radius 3 is 1.83 bits per heavy atom. The Balaban J connectivity index is 0.000000354. The predicted molar refractivity (Wildman–Crippen MR) is 57.3 cm³/mol. The van der Waals surface area contributed by atoms with Crippen molar-refractivity contribution >= 4 is 0 Å². The van der Waals surface area contributed by atoms with Gasteiger partial charge in [-0.25, -0.2) is 0 Å². The highest BCUT2D eigenvalue weighted by Gasteiger charge is 2.23. The minimum Gasteiger partial charge on any atom is -0.0656 e. The topological polar surface area (TPSA) is 0 Å². The molecule has 0 bridgehead atoms. The van der Waals surface area contributed by atoms with E-state index < -0.39 is 0 Å². The van der Waals surface area contributed by atoms with Crippen molar-refractivity contribution in [3.63, 3.8) is 0 Å². The highest BCUT2D eigenvalue weighted by Crippen LogP contribution is 2.34. The Morgan fingerprint density at radius 1 is 1.17 bits per heavy atom. The summed E-state index contributed by atoms with van der Waals surface area (Å²) in [5, 5.41) is 0. The number of hydrogen-bond donors (Lipinski definition) is 0. The molecule has 0 saturated heterocycles. The molecule has 0 aromatic heterocycles. The molecule has 0 amide bonds. The summed E-state index contributed by atoms with van der Waals surface area (Å²) in [7, 11) is 0. The van der Waals surface area contributed by atoms with Crippen molar-refractivity contribution < 1.29 is 0 Å². The molecule has 0 aromatic rings. The predicted octanol–water partition coefficient (Wildman–Crippen LogP) is 4.49. The van der Waals surface area contributed by atoms with Crippen LogP contribution in [0.5, 0.6) is 0 Å². The zero-order valence-electron chi connectivity index (χ0n) is 9.56. The third-order valence-corrected chi connectivity index (χ3v) is 2.68. The Bertz CT molecular complexity index is 94.2. The lowest BCUT2D eigenvalue weighted by Crippen LogP contribution is -2.02. The lowest BCUT2D eigenvalue weighted by Gasteiger charge is -2.12. The summed E-state index contributed by atoms with van der Waals surface area (Å²) in [4.78, 5) is 0. The van der Waals surface area contributed by atoms with Crippen molar-refractivity contribution in [2.24, 2.45) is 17.8 Å². The first-order valence-corrected chi connectivity index (χ1v) is 5.61. The normalized spacial score (nSPS) is 28.5. The van der Waals surface area contributed by atoms with E-state index in [2.05, 4.69) is 34.6 Å². The second-order valence-corrected chi connectivity index (χ2v) is 4.63. The molecular formula is C12H26. The van der Waals surface area contributed by atoms with Gasteiger partial charge in [0, 0.05) is 0 Å². The van der Waals surface area contributed by atoms with Gasteiger partial charge in [-0.3, -0.25) is 0 Å². The van der Waals surface area contributed by atoms with Crippen molar-refractivity contribution in [3.05, 3.63) is 0 Å². The summed E-state index contributed by atoms with van der Waals surface area (Å²) in [6.45, 7) is 11.3. The molecule has 1 fully saturated rings. The molecule has 0 heteroatoms. The third-order valence-electron chi connectivity index (χ3n) is 2.68. The van der Waals surface area contributed by atoms with Gasteiger partial charge in [-0.2, -0.15) is 0 Å². The molecule has 1 aliphatic rings. The maximum absolute atomic E-state index is 2.38. The van der Waals surface area contributed by atoms with Gasteiger partial charge in [-0.15, -0.1) is 0 Å². The first-order chi connectivity index (χ1) is 5.61. The molecule has 0 nitrogen and oxygen atoms in total. The fourth-order valence-corrected chi connectivity index (χ4v) is 1.86. The summed E-state index contributed by atoms with van der Waals surface area (Å²) >= 11 is 0. The minimum atomic E-state index is 0.926. The first kappa shape index (κ1) is 12.0. The third kappa shape index (κ3) is 4.79. The van der Waals surface area contributed by atoms with E-state index in [1.165, 1.54) is 25.7 Å². The van der Waals surface area contributed by atoms with Crippen LogP contribution in [0.15, 0.2) is 0 Å². The van der Waals surface area contributed by atoms with Crippen molar-refractivity contribution in [2.45, 2.75) is 60.3 Å².